The summed E-state index contributed by atoms with van der Waals surface area (Å²) in [4.78, 5) is 2.48. The minimum absolute atomic E-state index is 0. The third-order valence-electron chi connectivity index (χ3n) is 4.06. The summed E-state index contributed by atoms with van der Waals surface area (Å²) in [7, 11) is 0. The van der Waals surface area contributed by atoms with Crippen LogP contribution in [-0.4, -0.2) is 24.0 Å². The second-order valence-electron chi connectivity index (χ2n) is 5.33. The zero-order valence-electron chi connectivity index (χ0n) is 11.3. The molecule has 2 atom stereocenters. The van der Waals surface area contributed by atoms with E-state index in [1.54, 1.807) is 0 Å². The topological polar surface area (TPSA) is 29.3 Å². The van der Waals surface area contributed by atoms with E-state index in [1.165, 1.54) is 16.3 Å². The van der Waals surface area contributed by atoms with E-state index in [1.807, 2.05) is 0 Å². The summed E-state index contributed by atoms with van der Waals surface area (Å²) in [6.45, 7) is 4.42. The van der Waals surface area contributed by atoms with Crippen LogP contribution in [0.5, 0.6) is 0 Å². The summed E-state index contributed by atoms with van der Waals surface area (Å²) in [5.41, 5.74) is 7.38. The Hall–Kier alpha value is -1.09. The first-order valence-electron chi connectivity index (χ1n) is 6.72. The van der Waals surface area contributed by atoms with Crippen LogP contribution in [0.2, 0.25) is 0 Å². The molecule has 0 aliphatic carbocycles. The van der Waals surface area contributed by atoms with Crippen LogP contribution < -0.4 is 5.73 Å². The number of rotatable bonds is 2. The van der Waals surface area contributed by atoms with Crippen LogP contribution >= 0.6 is 12.4 Å². The highest BCUT2D eigenvalue weighted by molar-refractivity contribution is 5.85. The van der Waals surface area contributed by atoms with Crippen LogP contribution in [0.4, 0.5) is 0 Å². The molecule has 1 aliphatic heterocycles. The monoisotopic (exact) mass is 276 g/mol. The van der Waals surface area contributed by atoms with Gasteiger partial charge >= 0.3 is 0 Å². The van der Waals surface area contributed by atoms with E-state index in [2.05, 4.69) is 54.3 Å². The van der Waals surface area contributed by atoms with Gasteiger partial charge in [0, 0.05) is 25.2 Å². The van der Waals surface area contributed by atoms with Crippen molar-refractivity contribution in [2.45, 2.75) is 25.4 Å². The standard InChI is InChI=1S/C16H20N2.ClH/c1-12(18-9-8-16(17)11-18)14-7-6-13-4-2-3-5-15(13)10-14;/h2-7,10,12,16H,8-9,11,17H2,1H3;1H. The number of nitrogens with two attached hydrogens (primary N) is 1. The fraction of sp³-hybridized carbons (Fsp3) is 0.375. The molecule has 0 amide bonds. The van der Waals surface area contributed by atoms with E-state index in [4.69, 9.17) is 5.73 Å². The van der Waals surface area contributed by atoms with E-state index in [9.17, 15) is 0 Å². The minimum Gasteiger partial charge on any atom is -0.326 e. The third-order valence-corrected chi connectivity index (χ3v) is 4.06. The number of benzene rings is 2. The predicted molar refractivity (Wildman–Crippen MR) is 83.8 cm³/mol. The van der Waals surface area contributed by atoms with Crippen molar-refractivity contribution in [1.82, 2.24) is 4.90 Å². The van der Waals surface area contributed by atoms with Gasteiger partial charge in [-0.15, -0.1) is 12.4 Å². The van der Waals surface area contributed by atoms with Crippen molar-refractivity contribution in [1.29, 1.82) is 0 Å². The van der Waals surface area contributed by atoms with Crippen LogP contribution in [0.15, 0.2) is 42.5 Å². The summed E-state index contributed by atoms with van der Waals surface area (Å²) < 4.78 is 0. The SMILES string of the molecule is CC(c1ccc2ccccc2c1)N1CCC(N)C1.Cl. The lowest BCUT2D eigenvalue weighted by atomic mass is 10.0. The van der Waals surface area contributed by atoms with Gasteiger partial charge in [-0.3, -0.25) is 4.90 Å². The summed E-state index contributed by atoms with van der Waals surface area (Å²) in [5, 5.41) is 2.64. The molecule has 19 heavy (non-hydrogen) atoms. The molecule has 2 N–H and O–H groups in total. The van der Waals surface area contributed by atoms with Crippen molar-refractivity contribution < 1.29 is 0 Å². The van der Waals surface area contributed by atoms with Gasteiger partial charge in [-0.1, -0.05) is 36.4 Å². The molecule has 3 rings (SSSR count). The average molecular weight is 277 g/mol. The Morgan fingerprint density at radius 3 is 2.58 bits per heavy atom. The summed E-state index contributed by atoms with van der Waals surface area (Å²) >= 11 is 0. The van der Waals surface area contributed by atoms with Gasteiger partial charge in [0.1, 0.15) is 0 Å². The number of fused-ring (bicyclic) bond motifs is 1. The van der Waals surface area contributed by atoms with Crippen molar-refractivity contribution in [3.05, 3.63) is 48.0 Å². The molecule has 3 heteroatoms. The molecule has 2 nitrogen and oxygen atoms in total. The van der Waals surface area contributed by atoms with Gasteiger partial charge < -0.3 is 5.73 Å². The summed E-state index contributed by atoms with van der Waals surface area (Å²) in [6, 6.07) is 16.1. The number of hydrogen-bond acceptors (Lipinski definition) is 2. The van der Waals surface area contributed by atoms with Crippen LogP contribution in [0.3, 0.4) is 0 Å². The molecule has 2 aromatic rings. The first-order chi connectivity index (χ1) is 8.74. The molecule has 0 aromatic heterocycles. The predicted octanol–water partition coefficient (Wildman–Crippen LogP) is 3.36. The molecule has 1 fully saturated rings. The van der Waals surface area contributed by atoms with Gasteiger partial charge in [0.25, 0.3) is 0 Å². The number of halogens is 1. The average Bonchev–Trinajstić information content (AvgIpc) is 2.84. The maximum absolute atomic E-state index is 5.99. The fourth-order valence-corrected chi connectivity index (χ4v) is 2.85. The fourth-order valence-electron chi connectivity index (χ4n) is 2.85. The first-order valence-corrected chi connectivity index (χ1v) is 6.72. The van der Waals surface area contributed by atoms with E-state index >= 15 is 0 Å². The quantitative estimate of drug-likeness (QED) is 0.911. The van der Waals surface area contributed by atoms with Crippen LogP contribution in [0, 0.1) is 0 Å². The Labute approximate surface area is 121 Å². The van der Waals surface area contributed by atoms with Crippen molar-refractivity contribution in [2.75, 3.05) is 13.1 Å². The van der Waals surface area contributed by atoms with E-state index < -0.39 is 0 Å². The van der Waals surface area contributed by atoms with Gasteiger partial charge in [-0.25, -0.2) is 0 Å². The molecule has 0 saturated carbocycles. The highest BCUT2D eigenvalue weighted by atomic mass is 35.5. The molecule has 2 unspecified atom stereocenters. The summed E-state index contributed by atoms with van der Waals surface area (Å²) in [5.74, 6) is 0. The molecule has 1 saturated heterocycles. The molecular weight excluding hydrogens is 256 g/mol. The molecule has 0 spiro atoms. The van der Waals surface area contributed by atoms with Gasteiger partial charge in [0.05, 0.1) is 0 Å². The maximum Gasteiger partial charge on any atom is 0.0320 e. The largest absolute Gasteiger partial charge is 0.326 e. The molecule has 2 aromatic carbocycles. The van der Waals surface area contributed by atoms with E-state index in [0.717, 1.165) is 19.5 Å². The minimum atomic E-state index is 0. The Balaban J connectivity index is 0.00000133. The zero-order valence-corrected chi connectivity index (χ0v) is 12.1. The molecule has 102 valence electrons. The van der Waals surface area contributed by atoms with Crippen LogP contribution in [-0.2, 0) is 0 Å². The van der Waals surface area contributed by atoms with Crippen molar-refractivity contribution in [3.8, 4) is 0 Å². The number of nitrogens with zero attached hydrogens (tertiary/aromatic N) is 1. The Bertz CT molecular complexity index is 555. The smallest absolute Gasteiger partial charge is 0.0320 e. The van der Waals surface area contributed by atoms with Crippen molar-refractivity contribution in [3.63, 3.8) is 0 Å². The molecule has 0 bridgehead atoms. The Morgan fingerprint density at radius 2 is 1.89 bits per heavy atom. The lowest BCUT2D eigenvalue weighted by Gasteiger charge is -2.24. The van der Waals surface area contributed by atoms with E-state index in [0.29, 0.717) is 12.1 Å². The Morgan fingerprint density at radius 1 is 1.16 bits per heavy atom. The normalized spacial score (nSPS) is 21.3. The molecule has 1 aliphatic rings. The lowest BCUT2D eigenvalue weighted by Crippen LogP contribution is -2.28. The second-order valence-corrected chi connectivity index (χ2v) is 5.33. The lowest BCUT2D eigenvalue weighted by molar-refractivity contribution is 0.260. The highest BCUT2D eigenvalue weighted by Crippen LogP contribution is 2.26. The van der Waals surface area contributed by atoms with E-state index in [-0.39, 0.29) is 12.4 Å². The maximum atomic E-state index is 5.99. The van der Waals surface area contributed by atoms with Crippen molar-refractivity contribution >= 4 is 23.2 Å². The Kier molecular flexibility index (Phi) is 4.46. The molecular formula is C16H21ClN2. The second kappa shape index (κ2) is 5.91. The highest BCUT2D eigenvalue weighted by Gasteiger charge is 2.24. The van der Waals surface area contributed by atoms with Gasteiger partial charge in [-0.2, -0.15) is 0 Å². The van der Waals surface area contributed by atoms with Crippen LogP contribution in [0.1, 0.15) is 24.9 Å². The molecule has 1 heterocycles. The van der Waals surface area contributed by atoms with Gasteiger partial charge in [-0.05, 0) is 35.7 Å². The van der Waals surface area contributed by atoms with Gasteiger partial charge in [0.15, 0.2) is 0 Å². The third kappa shape index (κ3) is 2.92. The molecule has 0 radical (unpaired) electrons. The summed E-state index contributed by atoms with van der Waals surface area (Å²) in [6.07, 6.45) is 1.12. The van der Waals surface area contributed by atoms with Gasteiger partial charge in [0.2, 0.25) is 0 Å². The zero-order chi connectivity index (χ0) is 12.5. The number of hydrogen-bond donors (Lipinski definition) is 1. The number of likely N-dealkylation sites (tertiary alicyclic amines) is 1. The first kappa shape index (κ1) is 14.3. The van der Waals surface area contributed by atoms with Crippen LogP contribution in [0.25, 0.3) is 10.8 Å². The van der Waals surface area contributed by atoms with Crippen molar-refractivity contribution in [2.24, 2.45) is 5.73 Å².